The monoisotopic (exact) mass is 334 g/mol. The minimum atomic E-state index is 0.205. The molecule has 134 valence electrons. The van der Waals surface area contributed by atoms with Crippen LogP contribution in [-0.2, 0) is 11.3 Å². The maximum Gasteiger partial charge on any atom is 0.219 e. The molecule has 0 aliphatic carbocycles. The standard InChI is InChI=1S/C18H30N4O2/c1-13-10-20(11-17-14(2)19-24-15(17)3)12-18(13)22-7-5-6-21(8-9-22)16(4)23/h13,18H,5-12H2,1-4H3/t13-,18-/m1/s1. The summed E-state index contributed by atoms with van der Waals surface area (Å²) in [6, 6.07) is 0.581. The Hall–Kier alpha value is -1.40. The van der Waals surface area contributed by atoms with Crippen molar-refractivity contribution in [3.05, 3.63) is 17.0 Å². The Balaban J connectivity index is 1.60. The Labute approximate surface area is 144 Å². The minimum absolute atomic E-state index is 0.205. The van der Waals surface area contributed by atoms with Gasteiger partial charge in [0.25, 0.3) is 0 Å². The molecule has 3 heterocycles. The molecular weight excluding hydrogens is 304 g/mol. The lowest BCUT2D eigenvalue weighted by molar-refractivity contribution is -0.128. The summed E-state index contributed by atoms with van der Waals surface area (Å²) < 4.78 is 5.30. The molecule has 0 N–H and O–H groups in total. The molecule has 2 saturated heterocycles. The van der Waals surface area contributed by atoms with E-state index in [4.69, 9.17) is 4.52 Å². The van der Waals surface area contributed by atoms with Crippen molar-refractivity contribution in [2.24, 2.45) is 5.92 Å². The summed E-state index contributed by atoms with van der Waals surface area (Å²) in [6.45, 7) is 15.0. The van der Waals surface area contributed by atoms with Gasteiger partial charge < -0.3 is 9.42 Å². The Morgan fingerprint density at radius 2 is 2.00 bits per heavy atom. The quantitative estimate of drug-likeness (QED) is 0.841. The summed E-state index contributed by atoms with van der Waals surface area (Å²) in [4.78, 5) is 18.7. The first-order valence-electron chi connectivity index (χ1n) is 9.09. The smallest absolute Gasteiger partial charge is 0.219 e. The van der Waals surface area contributed by atoms with Gasteiger partial charge in [-0.1, -0.05) is 12.1 Å². The zero-order chi connectivity index (χ0) is 17.3. The van der Waals surface area contributed by atoms with Crippen LogP contribution in [0.2, 0.25) is 0 Å². The molecule has 2 aliphatic rings. The van der Waals surface area contributed by atoms with Gasteiger partial charge in [0.05, 0.1) is 5.69 Å². The Kier molecular flexibility index (Phi) is 5.25. The molecule has 0 saturated carbocycles. The zero-order valence-corrected chi connectivity index (χ0v) is 15.4. The van der Waals surface area contributed by atoms with Crippen LogP contribution in [0.3, 0.4) is 0 Å². The first kappa shape index (κ1) is 17.4. The van der Waals surface area contributed by atoms with Crippen LogP contribution in [0.5, 0.6) is 0 Å². The number of hydrogen-bond donors (Lipinski definition) is 0. The number of nitrogens with zero attached hydrogens (tertiary/aromatic N) is 4. The van der Waals surface area contributed by atoms with Gasteiger partial charge in [-0.3, -0.25) is 14.6 Å². The van der Waals surface area contributed by atoms with Gasteiger partial charge in [-0.15, -0.1) is 0 Å². The van der Waals surface area contributed by atoms with Gasteiger partial charge in [0, 0.05) is 64.3 Å². The van der Waals surface area contributed by atoms with Gasteiger partial charge in [-0.25, -0.2) is 0 Å². The minimum Gasteiger partial charge on any atom is -0.361 e. The number of aryl methyl sites for hydroxylation is 2. The van der Waals surface area contributed by atoms with Crippen molar-refractivity contribution in [1.82, 2.24) is 19.9 Å². The molecule has 1 aromatic rings. The van der Waals surface area contributed by atoms with E-state index >= 15 is 0 Å². The summed E-state index contributed by atoms with van der Waals surface area (Å²) in [7, 11) is 0. The van der Waals surface area contributed by atoms with Crippen LogP contribution in [0.15, 0.2) is 4.52 Å². The SMILES string of the molecule is CC(=O)N1CCCN([C@@H]2CN(Cc3c(C)noc3C)C[C@H]2C)CC1. The number of likely N-dealkylation sites (tertiary alicyclic amines) is 1. The molecule has 3 rings (SSSR count). The molecule has 0 bridgehead atoms. The molecule has 2 aliphatic heterocycles. The van der Waals surface area contributed by atoms with Gasteiger partial charge >= 0.3 is 0 Å². The lowest BCUT2D eigenvalue weighted by atomic mass is 10.0. The number of hydrogen-bond acceptors (Lipinski definition) is 5. The van der Waals surface area contributed by atoms with E-state index in [2.05, 4.69) is 21.9 Å². The molecule has 0 aromatic carbocycles. The Morgan fingerprint density at radius 3 is 2.67 bits per heavy atom. The van der Waals surface area contributed by atoms with Crippen molar-refractivity contribution in [3.63, 3.8) is 0 Å². The van der Waals surface area contributed by atoms with Crippen LogP contribution in [0.25, 0.3) is 0 Å². The molecule has 2 fully saturated rings. The van der Waals surface area contributed by atoms with Gasteiger partial charge in [-0.2, -0.15) is 0 Å². The Morgan fingerprint density at radius 1 is 1.21 bits per heavy atom. The van der Waals surface area contributed by atoms with Crippen molar-refractivity contribution in [3.8, 4) is 0 Å². The van der Waals surface area contributed by atoms with Gasteiger partial charge in [0.2, 0.25) is 5.91 Å². The maximum absolute atomic E-state index is 11.6. The number of aromatic nitrogens is 1. The van der Waals surface area contributed by atoms with E-state index in [1.54, 1.807) is 6.92 Å². The highest BCUT2D eigenvalue weighted by atomic mass is 16.5. The van der Waals surface area contributed by atoms with Gasteiger partial charge in [-0.05, 0) is 26.2 Å². The third-order valence-corrected chi connectivity index (χ3v) is 5.66. The topological polar surface area (TPSA) is 52.8 Å². The largest absolute Gasteiger partial charge is 0.361 e. The van der Waals surface area contributed by atoms with E-state index < -0.39 is 0 Å². The van der Waals surface area contributed by atoms with Crippen LogP contribution >= 0.6 is 0 Å². The molecule has 6 nitrogen and oxygen atoms in total. The van der Waals surface area contributed by atoms with Crippen molar-refractivity contribution < 1.29 is 9.32 Å². The number of amides is 1. The highest BCUT2D eigenvalue weighted by Crippen LogP contribution is 2.26. The van der Waals surface area contributed by atoms with E-state index in [0.717, 1.165) is 63.7 Å². The second-order valence-electron chi connectivity index (χ2n) is 7.44. The fourth-order valence-corrected chi connectivity index (χ4v) is 4.19. The fourth-order valence-electron chi connectivity index (χ4n) is 4.19. The highest BCUT2D eigenvalue weighted by Gasteiger charge is 2.35. The highest BCUT2D eigenvalue weighted by molar-refractivity contribution is 5.73. The van der Waals surface area contributed by atoms with Crippen molar-refractivity contribution in [2.75, 3.05) is 39.3 Å². The molecule has 0 unspecified atom stereocenters. The summed E-state index contributed by atoms with van der Waals surface area (Å²) >= 11 is 0. The lowest BCUT2D eigenvalue weighted by Gasteiger charge is -2.30. The summed E-state index contributed by atoms with van der Waals surface area (Å²) in [5.41, 5.74) is 2.25. The molecular formula is C18H30N4O2. The third kappa shape index (κ3) is 3.64. The predicted molar refractivity (Wildman–Crippen MR) is 92.7 cm³/mol. The summed E-state index contributed by atoms with van der Waals surface area (Å²) in [6.07, 6.45) is 1.08. The zero-order valence-electron chi connectivity index (χ0n) is 15.4. The van der Waals surface area contributed by atoms with Crippen LogP contribution < -0.4 is 0 Å². The average Bonchev–Trinajstić information content (AvgIpc) is 2.94. The first-order valence-corrected chi connectivity index (χ1v) is 9.09. The second-order valence-corrected chi connectivity index (χ2v) is 7.44. The van der Waals surface area contributed by atoms with Crippen LogP contribution in [-0.4, -0.2) is 71.1 Å². The first-order chi connectivity index (χ1) is 11.5. The van der Waals surface area contributed by atoms with E-state index in [1.165, 1.54) is 5.56 Å². The van der Waals surface area contributed by atoms with Gasteiger partial charge in [0.1, 0.15) is 5.76 Å². The molecule has 0 spiro atoms. The second kappa shape index (κ2) is 7.23. The van der Waals surface area contributed by atoms with E-state index in [-0.39, 0.29) is 5.91 Å². The van der Waals surface area contributed by atoms with Crippen LogP contribution in [0.1, 0.15) is 37.3 Å². The van der Waals surface area contributed by atoms with Crippen LogP contribution in [0.4, 0.5) is 0 Å². The molecule has 2 atom stereocenters. The van der Waals surface area contributed by atoms with Crippen LogP contribution in [0, 0.1) is 19.8 Å². The molecule has 1 amide bonds. The molecule has 0 radical (unpaired) electrons. The van der Waals surface area contributed by atoms with E-state index in [9.17, 15) is 4.79 Å². The third-order valence-electron chi connectivity index (χ3n) is 5.66. The summed E-state index contributed by atoms with van der Waals surface area (Å²) in [5, 5.41) is 4.07. The lowest BCUT2D eigenvalue weighted by Crippen LogP contribution is -2.42. The van der Waals surface area contributed by atoms with Crippen molar-refractivity contribution in [1.29, 1.82) is 0 Å². The number of rotatable bonds is 3. The predicted octanol–water partition coefficient (Wildman–Crippen LogP) is 1.67. The Bertz CT molecular complexity index is 566. The van der Waals surface area contributed by atoms with Crippen molar-refractivity contribution >= 4 is 5.91 Å². The number of carbonyl (C=O) groups excluding carboxylic acids is 1. The van der Waals surface area contributed by atoms with Gasteiger partial charge in [0.15, 0.2) is 0 Å². The fraction of sp³-hybridized carbons (Fsp3) is 0.778. The normalized spacial score (nSPS) is 26.8. The summed E-state index contributed by atoms with van der Waals surface area (Å²) in [5.74, 6) is 1.79. The maximum atomic E-state index is 11.6. The van der Waals surface area contributed by atoms with E-state index in [0.29, 0.717) is 12.0 Å². The molecule has 1 aromatic heterocycles. The number of carbonyl (C=O) groups is 1. The van der Waals surface area contributed by atoms with E-state index in [1.807, 2.05) is 18.7 Å². The van der Waals surface area contributed by atoms with Crippen molar-refractivity contribution in [2.45, 2.75) is 46.7 Å². The molecule has 24 heavy (non-hydrogen) atoms. The average molecular weight is 334 g/mol. The molecule has 6 heteroatoms.